The SMILES string of the molecule is COc1ccc(OC)c(NC(=O)CNC(=O)[C@@H]2c3ccccc3C(=O)N2C2CC2)c1. The van der Waals surface area contributed by atoms with Crippen LogP contribution in [0.4, 0.5) is 5.69 Å². The summed E-state index contributed by atoms with van der Waals surface area (Å²) in [6.07, 6.45) is 1.78. The van der Waals surface area contributed by atoms with Crippen LogP contribution in [-0.2, 0) is 9.59 Å². The molecule has 30 heavy (non-hydrogen) atoms. The van der Waals surface area contributed by atoms with Crippen molar-refractivity contribution in [1.82, 2.24) is 10.2 Å². The molecule has 2 N–H and O–H groups in total. The first-order valence-electron chi connectivity index (χ1n) is 9.74. The highest BCUT2D eigenvalue weighted by atomic mass is 16.5. The zero-order valence-electron chi connectivity index (χ0n) is 16.8. The Labute approximate surface area is 174 Å². The molecule has 2 aliphatic rings. The number of benzene rings is 2. The van der Waals surface area contributed by atoms with Crippen LogP contribution in [-0.4, -0.2) is 49.4 Å². The molecule has 1 fully saturated rings. The molecule has 0 saturated heterocycles. The zero-order valence-corrected chi connectivity index (χ0v) is 16.8. The third kappa shape index (κ3) is 3.68. The second-order valence-corrected chi connectivity index (χ2v) is 7.27. The third-order valence-electron chi connectivity index (χ3n) is 5.29. The summed E-state index contributed by atoms with van der Waals surface area (Å²) >= 11 is 0. The predicted molar refractivity (Wildman–Crippen MR) is 110 cm³/mol. The fraction of sp³-hybridized carbons (Fsp3) is 0.318. The number of methoxy groups -OCH3 is 2. The number of hydrogen-bond donors (Lipinski definition) is 2. The highest BCUT2D eigenvalue weighted by Gasteiger charge is 2.47. The van der Waals surface area contributed by atoms with Crippen LogP contribution in [0.25, 0.3) is 0 Å². The van der Waals surface area contributed by atoms with Crippen molar-refractivity contribution in [1.29, 1.82) is 0 Å². The van der Waals surface area contributed by atoms with Crippen LogP contribution in [0.2, 0.25) is 0 Å². The largest absolute Gasteiger partial charge is 0.497 e. The molecule has 156 valence electrons. The normalized spacial score (nSPS) is 17.3. The van der Waals surface area contributed by atoms with Gasteiger partial charge < -0.3 is 25.0 Å². The second kappa shape index (κ2) is 8.06. The van der Waals surface area contributed by atoms with Crippen molar-refractivity contribution in [3.63, 3.8) is 0 Å². The minimum atomic E-state index is -0.708. The average Bonchev–Trinajstić information content (AvgIpc) is 3.56. The molecular formula is C22H23N3O5. The summed E-state index contributed by atoms with van der Waals surface area (Å²) in [6.45, 7) is -0.232. The van der Waals surface area contributed by atoms with Crippen molar-refractivity contribution in [3.05, 3.63) is 53.6 Å². The number of amides is 3. The number of nitrogens with one attached hydrogen (secondary N) is 2. The molecule has 0 radical (unpaired) electrons. The molecule has 1 saturated carbocycles. The summed E-state index contributed by atoms with van der Waals surface area (Å²) < 4.78 is 10.4. The van der Waals surface area contributed by atoms with Gasteiger partial charge in [-0.15, -0.1) is 0 Å². The molecule has 8 heteroatoms. The fourth-order valence-electron chi connectivity index (χ4n) is 3.70. The van der Waals surface area contributed by atoms with E-state index in [0.29, 0.717) is 28.3 Å². The quantitative estimate of drug-likeness (QED) is 0.730. The van der Waals surface area contributed by atoms with Crippen LogP contribution in [0, 0.1) is 0 Å². The van der Waals surface area contributed by atoms with Crippen LogP contribution in [0.5, 0.6) is 11.5 Å². The van der Waals surface area contributed by atoms with Crippen LogP contribution >= 0.6 is 0 Å². The van der Waals surface area contributed by atoms with E-state index in [1.54, 1.807) is 41.3 Å². The summed E-state index contributed by atoms with van der Waals surface area (Å²) in [7, 11) is 3.03. The van der Waals surface area contributed by atoms with Gasteiger partial charge in [-0.25, -0.2) is 0 Å². The molecule has 8 nitrogen and oxygen atoms in total. The summed E-state index contributed by atoms with van der Waals surface area (Å²) in [5.41, 5.74) is 1.67. The van der Waals surface area contributed by atoms with E-state index < -0.39 is 11.9 Å². The Bertz CT molecular complexity index is 1000. The lowest BCUT2D eigenvalue weighted by Crippen LogP contribution is -2.42. The standard InChI is InChI=1S/C22H23N3O5/c1-29-14-9-10-18(30-2)17(11-14)24-19(26)12-23-21(27)20-15-5-3-4-6-16(15)22(28)25(20)13-7-8-13/h3-6,9-11,13,20H,7-8,12H2,1-2H3,(H,23,27)(H,24,26)/t20-/m0/s1. The minimum Gasteiger partial charge on any atom is -0.497 e. The van der Waals surface area contributed by atoms with E-state index >= 15 is 0 Å². The van der Waals surface area contributed by atoms with E-state index in [4.69, 9.17) is 9.47 Å². The maximum atomic E-state index is 12.9. The number of carbonyl (C=O) groups excluding carboxylic acids is 3. The lowest BCUT2D eigenvalue weighted by Gasteiger charge is -2.24. The number of hydrogen-bond acceptors (Lipinski definition) is 5. The molecule has 0 unspecified atom stereocenters. The Morgan fingerprint density at radius 3 is 2.57 bits per heavy atom. The Kier molecular flexibility index (Phi) is 5.31. The van der Waals surface area contributed by atoms with Crippen molar-refractivity contribution in [2.75, 3.05) is 26.1 Å². The average molecular weight is 409 g/mol. The topological polar surface area (TPSA) is 97.0 Å². The number of carbonyl (C=O) groups is 3. The van der Waals surface area contributed by atoms with Gasteiger partial charge in [0, 0.05) is 17.7 Å². The van der Waals surface area contributed by atoms with Gasteiger partial charge in [-0.2, -0.15) is 0 Å². The minimum absolute atomic E-state index is 0.0792. The first kappa shape index (κ1) is 19.8. The van der Waals surface area contributed by atoms with Crippen molar-refractivity contribution in [2.24, 2.45) is 0 Å². The molecule has 4 rings (SSSR count). The molecule has 2 aromatic carbocycles. The van der Waals surface area contributed by atoms with Crippen molar-refractivity contribution in [3.8, 4) is 11.5 Å². The lowest BCUT2D eigenvalue weighted by molar-refractivity contribution is -0.127. The molecule has 0 aromatic heterocycles. The third-order valence-corrected chi connectivity index (χ3v) is 5.29. The molecule has 2 aromatic rings. The highest BCUT2D eigenvalue weighted by Crippen LogP contribution is 2.41. The van der Waals surface area contributed by atoms with E-state index in [2.05, 4.69) is 10.6 Å². The molecule has 1 heterocycles. The van der Waals surface area contributed by atoms with E-state index in [1.807, 2.05) is 6.07 Å². The number of rotatable bonds is 7. The van der Waals surface area contributed by atoms with Crippen molar-refractivity contribution >= 4 is 23.4 Å². The van der Waals surface area contributed by atoms with Crippen LogP contribution in [0.3, 0.4) is 0 Å². The van der Waals surface area contributed by atoms with Crippen LogP contribution < -0.4 is 20.1 Å². The molecule has 0 bridgehead atoms. The Balaban J connectivity index is 1.44. The molecule has 1 aliphatic carbocycles. The monoisotopic (exact) mass is 409 g/mol. The second-order valence-electron chi connectivity index (χ2n) is 7.27. The summed E-state index contributed by atoms with van der Waals surface area (Å²) in [6, 6.07) is 11.5. The van der Waals surface area contributed by atoms with Crippen LogP contribution in [0.15, 0.2) is 42.5 Å². The summed E-state index contributed by atoms with van der Waals surface area (Å²) in [5.74, 6) is 0.138. The predicted octanol–water partition coefficient (Wildman–Crippen LogP) is 2.12. The zero-order chi connectivity index (χ0) is 21.3. The summed E-state index contributed by atoms with van der Waals surface area (Å²) in [5, 5.41) is 5.39. The van der Waals surface area contributed by atoms with Gasteiger partial charge in [0.25, 0.3) is 5.91 Å². The first-order chi connectivity index (χ1) is 14.5. The van der Waals surface area contributed by atoms with E-state index in [9.17, 15) is 14.4 Å². The Morgan fingerprint density at radius 1 is 1.10 bits per heavy atom. The smallest absolute Gasteiger partial charge is 0.255 e. The van der Waals surface area contributed by atoms with Gasteiger partial charge in [-0.05, 0) is 36.6 Å². The van der Waals surface area contributed by atoms with Gasteiger partial charge in [0.05, 0.1) is 26.5 Å². The molecule has 1 atom stereocenters. The van der Waals surface area contributed by atoms with Gasteiger partial charge in [0.1, 0.15) is 17.5 Å². The lowest BCUT2D eigenvalue weighted by atomic mass is 10.0. The van der Waals surface area contributed by atoms with E-state index in [1.165, 1.54) is 14.2 Å². The first-order valence-corrected chi connectivity index (χ1v) is 9.74. The fourth-order valence-corrected chi connectivity index (χ4v) is 3.70. The van der Waals surface area contributed by atoms with Gasteiger partial charge in [0.2, 0.25) is 11.8 Å². The number of ether oxygens (including phenoxy) is 2. The van der Waals surface area contributed by atoms with Crippen molar-refractivity contribution in [2.45, 2.75) is 24.9 Å². The van der Waals surface area contributed by atoms with E-state index in [-0.39, 0.29) is 24.4 Å². The van der Waals surface area contributed by atoms with E-state index in [0.717, 1.165) is 12.8 Å². The summed E-state index contributed by atoms with van der Waals surface area (Å²) in [4.78, 5) is 39.8. The molecular weight excluding hydrogens is 386 g/mol. The highest BCUT2D eigenvalue weighted by molar-refractivity contribution is 6.05. The molecule has 0 spiro atoms. The number of anilines is 1. The van der Waals surface area contributed by atoms with Crippen molar-refractivity contribution < 1.29 is 23.9 Å². The Morgan fingerprint density at radius 2 is 1.87 bits per heavy atom. The van der Waals surface area contributed by atoms with Gasteiger partial charge in [0.15, 0.2) is 0 Å². The molecule has 3 amide bonds. The van der Waals surface area contributed by atoms with Gasteiger partial charge >= 0.3 is 0 Å². The maximum Gasteiger partial charge on any atom is 0.255 e. The molecule has 1 aliphatic heterocycles. The van der Waals surface area contributed by atoms with Crippen LogP contribution in [0.1, 0.15) is 34.8 Å². The Hall–Kier alpha value is -3.55. The van der Waals surface area contributed by atoms with Gasteiger partial charge in [-0.1, -0.05) is 18.2 Å². The maximum absolute atomic E-state index is 12.9. The number of fused-ring (bicyclic) bond motifs is 1. The van der Waals surface area contributed by atoms with Gasteiger partial charge in [-0.3, -0.25) is 14.4 Å². The number of nitrogens with zero attached hydrogens (tertiary/aromatic N) is 1.